The van der Waals surface area contributed by atoms with Crippen molar-refractivity contribution in [1.82, 2.24) is 20.4 Å². The van der Waals surface area contributed by atoms with Gasteiger partial charge in [0.2, 0.25) is 11.7 Å². The largest absolute Gasteiger partial charge is 0.461 e. The molecule has 3 atom stereocenters. The van der Waals surface area contributed by atoms with E-state index < -0.39 is 0 Å². The molecule has 1 N–H and O–H groups in total. The number of aromatic nitrogens is 2. The molecule has 2 aliphatic rings. The molecule has 2 aliphatic heterocycles. The van der Waals surface area contributed by atoms with Crippen LogP contribution >= 0.6 is 0 Å². The van der Waals surface area contributed by atoms with E-state index in [1.54, 1.807) is 6.26 Å². The third kappa shape index (κ3) is 2.28. The monoisotopic (exact) mass is 288 g/mol. The van der Waals surface area contributed by atoms with Gasteiger partial charge in [-0.05, 0) is 43.5 Å². The summed E-state index contributed by atoms with van der Waals surface area (Å²) in [5, 5.41) is 7.51. The molecule has 6 nitrogen and oxygen atoms in total. The Labute approximate surface area is 123 Å². The van der Waals surface area contributed by atoms with Crippen molar-refractivity contribution in [1.29, 1.82) is 0 Å². The Morgan fingerprint density at radius 2 is 2.38 bits per heavy atom. The number of hydrogen-bond donors (Lipinski definition) is 1. The van der Waals surface area contributed by atoms with E-state index in [1.165, 1.54) is 6.42 Å². The van der Waals surface area contributed by atoms with Gasteiger partial charge in [0.05, 0.1) is 12.8 Å². The molecule has 0 saturated carbocycles. The van der Waals surface area contributed by atoms with Gasteiger partial charge in [-0.3, -0.25) is 4.90 Å². The van der Waals surface area contributed by atoms with Gasteiger partial charge in [0.25, 0.3) is 0 Å². The van der Waals surface area contributed by atoms with Gasteiger partial charge >= 0.3 is 0 Å². The molecule has 112 valence electrons. The van der Waals surface area contributed by atoms with Crippen molar-refractivity contribution in [2.75, 3.05) is 19.6 Å². The van der Waals surface area contributed by atoms with Gasteiger partial charge in [0, 0.05) is 12.6 Å². The highest BCUT2D eigenvalue weighted by Gasteiger charge is 2.43. The van der Waals surface area contributed by atoms with Crippen LogP contribution in [0.15, 0.2) is 27.3 Å². The first-order valence-electron chi connectivity index (χ1n) is 7.66. The lowest BCUT2D eigenvalue weighted by atomic mass is 9.93. The smallest absolute Gasteiger partial charge is 0.241 e. The number of hydrogen-bond acceptors (Lipinski definition) is 6. The Hall–Kier alpha value is -1.66. The lowest BCUT2D eigenvalue weighted by Gasteiger charge is -2.25. The molecule has 21 heavy (non-hydrogen) atoms. The summed E-state index contributed by atoms with van der Waals surface area (Å²) >= 11 is 0. The summed E-state index contributed by atoms with van der Waals surface area (Å²) in [6.45, 7) is 6.40. The van der Waals surface area contributed by atoms with Crippen molar-refractivity contribution in [3.05, 3.63) is 24.3 Å². The third-order valence-corrected chi connectivity index (χ3v) is 4.79. The van der Waals surface area contributed by atoms with E-state index in [0.29, 0.717) is 23.5 Å². The maximum atomic E-state index is 5.39. The number of nitrogens with one attached hydrogen (secondary N) is 1. The van der Waals surface area contributed by atoms with E-state index in [4.69, 9.17) is 8.94 Å². The molecule has 6 heteroatoms. The average Bonchev–Trinajstić information content (AvgIpc) is 3.23. The molecule has 4 rings (SSSR count). The Bertz CT molecular complexity index is 595. The maximum absolute atomic E-state index is 5.39. The molecule has 0 bridgehead atoms. The molecule has 2 aromatic heterocycles. The van der Waals surface area contributed by atoms with Crippen LogP contribution in [0.5, 0.6) is 0 Å². The predicted octanol–water partition coefficient (Wildman–Crippen LogP) is 1.76. The molecule has 2 saturated heterocycles. The van der Waals surface area contributed by atoms with Gasteiger partial charge in [0.15, 0.2) is 5.76 Å². The first-order chi connectivity index (χ1) is 10.3. The number of nitrogens with zero attached hydrogens (tertiary/aromatic N) is 3. The lowest BCUT2D eigenvalue weighted by molar-refractivity contribution is 0.184. The number of fused-ring (bicyclic) bond motifs is 1. The van der Waals surface area contributed by atoms with Crippen molar-refractivity contribution in [3.8, 4) is 11.6 Å². The zero-order chi connectivity index (χ0) is 14.2. The molecule has 4 heterocycles. The van der Waals surface area contributed by atoms with Crippen LogP contribution in [0.4, 0.5) is 0 Å². The predicted molar refractivity (Wildman–Crippen MR) is 76.3 cm³/mol. The van der Waals surface area contributed by atoms with Crippen LogP contribution in [0, 0.1) is 11.8 Å². The summed E-state index contributed by atoms with van der Waals surface area (Å²) in [7, 11) is 0. The van der Waals surface area contributed by atoms with E-state index in [2.05, 4.69) is 27.3 Å². The Morgan fingerprint density at radius 1 is 1.43 bits per heavy atom. The summed E-state index contributed by atoms with van der Waals surface area (Å²) < 4.78 is 10.7. The van der Waals surface area contributed by atoms with Gasteiger partial charge in [-0.1, -0.05) is 12.1 Å². The second-order valence-corrected chi connectivity index (χ2v) is 5.98. The van der Waals surface area contributed by atoms with Gasteiger partial charge in [0.1, 0.15) is 0 Å². The summed E-state index contributed by atoms with van der Waals surface area (Å²) in [6.07, 6.45) is 2.79. The molecule has 0 amide bonds. The SMILES string of the molecule is CCC1C2CNCC2CN1Cc1nc(-c2ccco2)no1. The van der Waals surface area contributed by atoms with Crippen molar-refractivity contribution in [2.45, 2.75) is 25.9 Å². The van der Waals surface area contributed by atoms with Crippen LogP contribution in [0.1, 0.15) is 19.2 Å². The molecule has 0 aliphatic carbocycles. The van der Waals surface area contributed by atoms with E-state index in [0.717, 1.165) is 38.0 Å². The zero-order valence-electron chi connectivity index (χ0n) is 12.2. The van der Waals surface area contributed by atoms with E-state index in [9.17, 15) is 0 Å². The standard InChI is InChI=1S/C15H20N4O2/c1-2-12-11-7-16-6-10(11)8-19(12)9-14-17-15(18-21-14)13-4-3-5-20-13/h3-5,10-12,16H,2,6-9H2,1H3. The number of likely N-dealkylation sites (tertiary alicyclic amines) is 1. The summed E-state index contributed by atoms with van der Waals surface area (Å²) in [5.74, 6) is 3.39. The minimum absolute atomic E-state index is 0.532. The second kappa shape index (κ2) is 5.27. The maximum Gasteiger partial charge on any atom is 0.241 e. The van der Waals surface area contributed by atoms with E-state index >= 15 is 0 Å². The highest BCUT2D eigenvalue weighted by molar-refractivity contribution is 5.44. The van der Waals surface area contributed by atoms with Gasteiger partial charge in [-0.2, -0.15) is 4.98 Å². The van der Waals surface area contributed by atoms with Crippen LogP contribution in [-0.2, 0) is 6.54 Å². The molecule has 0 radical (unpaired) electrons. The van der Waals surface area contributed by atoms with Crippen LogP contribution in [-0.4, -0.2) is 40.7 Å². The normalized spacial score (nSPS) is 29.1. The molecular weight excluding hydrogens is 268 g/mol. The number of rotatable bonds is 4. The fraction of sp³-hybridized carbons (Fsp3) is 0.600. The Kier molecular flexibility index (Phi) is 3.27. The van der Waals surface area contributed by atoms with Crippen LogP contribution in [0.2, 0.25) is 0 Å². The van der Waals surface area contributed by atoms with Crippen molar-refractivity contribution in [2.24, 2.45) is 11.8 Å². The van der Waals surface area contributed by atoms with Gasteiger partial charge < -0.3 is 14.3 Å². The average molecular weight is 288 g/mol. The first-order valence-corrected chi connectivity index (χ1v) is 7.66. The minimum atomic E-state index is 0.532. The van der Waals surface area contributed by atoms with E-state index in [1.807, 2.05) is 12.1 Å². The van der Waals surface area contributed by atoms with Gasteiger partial charge in [-0.15, -0.1) is 0 Å². The highest BCUT2D eigenvalue weighted by atomic mass is 16.5. The van der Waals surface area contributed by atoms with Gasteiger partial charge in [-0.25, -0.2) is 0 Å². The fourth-order valence-corrected chi connectivity index (χ4v) is 3.85. The van der Waals surface area contributed by atoms with Crippen molar-refractivity contribution < 1.29 is 8.94 Å². The second-order valence-electron chi connectivity index (χ2n) is 5.98. The molecule has 2 fully saturated rings. The third-order valence-electron chi connectivity index (χ3n) is 4.79. The minimum Gasteiger partial charge on any atom is -0.461 e. The van der Waals surface area contributed by atoms with Crippen molar-refractivity contribution in [3.63, 3.8) is 0 Å². The lowest BCUT2D eigenvalue weighted by Crippen LogP contribution is -2.34. The molecule has 2 aromatic rings. The number of furan rings is 1. The summed E-state index contributed by atoms with van der Waals surface area (Å²) in [6, 6.07) is 4.28. The Balaban J connectivity index is 1.48. The molecule has 0 aromatic carbocycles. The van der Waals surface area contributed by atoms with Crippen LogP contribution in [0.25, 0.3) is 11.6 Å². The van der Waals surface area contributed by atoms with Crippen molar-refractivity contribution >= 4 is 0 Å². The first kappa shape index (κ1) is 13.0. The summed E-state index contributed by atoms with van der Waals surface area (Å²) in [4.78, 5) is 6.95. The molecule has 3 unspecified atom stereocenters. The molecular formula is C15H20N4O2. The highest BCUT2D eigenvalue weighted by Crippen LogP contribution is 2.35. The zero-order valence-corrected chi connectivity index (χ0v) is 12.2. The van der Waals surface area contributed by atoms with Crippen LogP contribution < -0.4 is 5.32 Å². The topological polar surface area (TPSA) is 67.3 Å². The fourth-order valence-electron chi connectivity index (χ4n) is 3.85. The summed E-state index contributed by atoms with van der Waals surface area (Å²) in [5.41, 5.74) is 0. The van der Waals surface area contributed by atoms with E-state index in [-0.39, 0.29) is 0 Å². The Morgan fingerprint density at radius 3 is 3.19 bits per heavy atom. The van der Waals surface area contributed by atoms with Crippen LogP contribution in [0.3, 0.4) is 0 Å². The molecule has 0 spiro atoms. The quantitative estimate of drug-likeness (QED) is 0.924.